The van der Waals surface area contributed by atoms with Crippen LogP contribution in [0, 0.1) is 11.6 Å². The summed E-state index contributed by atoms with van der Waals surface area (Å²) >= 11 is 0. The Bertz CT molecular complexity index is 640. The van der Waals surface area contributed by atoms with Gasteiger partial charge in [0, 0.05) is 18.9 Å². The van der Waals surface area contributed by atoms with E-state index in [9.17, 15) is 13.9 Å². The largest absolute Gasteiger partial charge is 0.493 e. The van der Waals surface area contributed by atoms with Crippen molar-refractivity contribution in [2.45, 2.75) is 18.9 Å². The minimum absolute atomic E-state index is 0.117. The molecule has 1 aliphatic rings. The predicted molar refractivity (Wildman–Crippen MR) is 70.7 cm³/mol. The number of rotatable bonds is 3. The van der Waals surface area contributed by atoms with E-state index in [4.69, 9.17) is 4.74 Å². The maximum absolute atomic E-state index is 13.6. The van der Waals surface area contributed by atoms with Crippen molar-refractivity contribution >= 4 is 0 Å². The number of aliphatic hydroxyl groups excluding tert-OH is 1. The van der Waals surface area contributed by atoms with Gasteiger partial charge in [0.15, 0.2) is 0 Å². The van der Waals surface area contributed by atoms with Gasteiger partial charge in [-0.3, -0.25) is 0 Å². The number of benzene rings is 2. The molecule has 1 atom stereocenters. The first-order valence-electron chi connectivity index (χ1n) is 6.51. The Balaban J connectivity index is 1.80. The third-order valence-corrected chi connectivity index (χ3v) is 3.53. The van der Waals surface area contributed by atoms with Crippen LogP contribution in [-0.4, -0.2) is 11.7 Å². The van der Waals surface area contributed by atoms with Crippen LogP contribution in [0.25, 0.3) is 0 Å². The minimum atomic E-state index is -0.819. The average Bonchev–Trinajstić information content (AvgIpc) is 2.89. The maximum atomic E-state index is 13.6. The van der Waals surface area contributed by atoms with Crippen LogP contribution in [0.4, 0.5) is 8.78 Å². The Morgan fingerprint density at radius 3 is 2.80 bits per heavy atom. The molecule has 2 aromatic carbocycles. The Kier molecular flexibility index (Phi) is 3.40. The molecule has 1 unspecified atom stereocenters. The van der Waals surface area contributed by atoms with Crippen molar-refractivity contribution in [2.75, 3.05) is 6.61 Å². The van der Waals surface area contributed by atoms with Gasteiger partial charge in [0.25, 0.3) is 0 Å². The van der Waals surface area contributed by atoms with E-state index in [-0.39, 0.29) is 6.42 Å². The van der Waals surface area contributed by atoms with Gasteiger partial charge >= 0.3 is 0 Å². The molecule has 0 radical (unpaired) electrons. The van der Waals surface area contributed by atoms with Crippen LogP contribution < -0.4 is 4.74 Å². The van der Waals surface area contributed by atoms with Crippen molar-refractivity contribution in [1.29, 1.82) is 0 Å². The van der Waals surface area contributed by atoms with Gasteiger partial charge in [0.2, 0.25) is 0 Å². The molecule has 4 heteroatoms. The van der Waals surface area contributed by atoms with Crippen LogP contribution in [0.1, 0.15) is 22.8 Å². The Morgan fingerprint density at radius 2 is 2.00 bits per heavy atom. The first-order chi connectivity index (χ1) is 9.63. The highest BCUT2D eigenvalue weighted by molar-refractivity contribution is 5.40. The lowest BCUT2D eigenvalue weighted by Crippen LogP contribution is -2.04. The van der Waals surface area contributed by atoms with Crippen LogP contribution in [0.5, 0.6) is 5.75 Å². The predicted octanol–water partition coefficient (Wildman–Crippen LogP) is 3.18. The highest BCUT2D eigenvalue weighted by Gasteiger charge is 2.17. The lowest BCUT2D eigenvalue weighted by atomic mass is 9.98. The van der Waals surface area contributed by atoms with E-state index in [1.807, 2.05) is 12.1 Å². The zero-order chi connectivity index (χ0) is 14.1. The van der Waals surface area contributed by atoms with Crippen molar-refractivity contribution in [1.82, 2.24) is 0 Å². The van der Waals surface area contributed by atoms with Gasteiger partial charge in [-0.2, -0.15) is 0 Å². The Hall–Kier alpha value is -1.94. The fraction of sp³-hybridized carbons (Fsp3) is 0.250. The normalized spacial score (nSPS) is 14.8. The molecule has 2 aromatic rings. The molecule has 0 fully saturated rings. The molecular formula is C16H14F2O2. The summed E-state index contributed by atoms with van der Waals surface area (Å²) in [7, 11) is 0. The van der Waals surface area contributed by atoms with Crippen molar-refractivity contribution in [2.24, 2.45) is 0 Å². The Labute approximate surface area is 115 Å². The molecule has 20 heavy (non-hydrogen) atoms. The molecule has 1 N–H and O–H groups in total. The quantitative estimate of drug-likeness (QED) is 0.933. The second-order valence-electron chi connectivity index (χ2n) is 4.92. The molecule has 0 amide bonds. The molecular weight excluding hydrogens is 262 g/mol. The monoisotopic (exact) mass is 276 g/mol. The summed E-state index contributed by atoms with van der Waals surface area (Å²) in [5.41, 5.74) is 2.08. The summed E-state index contributed by atoms with van der Waals surface area (Å²) in [6, 6.07) is 8.87. The second-order valence-corrected chi connectivity index (χ2v) is 4.92. The van der Waals surface area contributed by atoms with Crippen LogP contribution >= 0.6 is 0 Å². The highest BCUT2D eigenvalue weighted by Crippen LogP contribution is 2.29. The van der Waals surface area contributed by atoms with Gasteiger partial charge in [-0.15, -0.1) is 0 Å². The van der Waals surface area contributed by atoms with Crippen LogP contribution in [0.3, 0.4) is 0 Å². The second kappa shape index (κ2) is 5.21. The lowest BCUT2D eigenvalue weighted by molar-refractivity contribution is 0.177. The van der Waals surface area contributed by atoms with Crippen molar-refractivity contribution in [3.05, 3.63) is 64.7 Å². The summed E-state index contributed by atoms with van der Waals surface area (Å²) < 4.78 is 31.8. The third-order valence-electron chi connectivity index (χ3n) is 3.53. The van der Waals surface area contributed by atoms with E-state index in [0.717, 1.165) is 29.4 Å². The van der Waals surface area contributed by atoms with Crippen LogP contribution in [0.2, 0.25) is 0 Å². The molecule has 3 rings (SSSR count). The first kappa shape index (κ1) is 13.1. The van der Waals surface area contributed by atoms with Gasteiger partial charge in [-0.05, 0) is 34.9 Å². The van der Waals surface area contributed by atoms with E-state index in [2.05, 4.69) is 0 Å². The molecule has 0 saturated heterocycles. The maximum Gasteiger partial charge on any atom is 0.129 e. The molecule has 2 nitrogen and oxygen atoms in total. The fourth-order valence-electron chi connectivity index (χ4n) is 2.43. The van der Waals surface area contributed by atoms with Crippen LogP contribution in [0.15, 0.2) is 36.4 Å². The molecule has 104 valence electrons. The van der Waals surface area contributed by atoms with E-state index >= 15 is 0 Å². The van der Waals surface area contributed by atoms with Gasteiger partial charge < -0.3 is 9.84 Å². The minimum Gasteiger partial charge on any atom is -0.493 e. The standard InChI is InChI=1S/C16H14F2O2/c17-13-3-1-10(14(18)9-13)8-15(19)11-2-4-16-12(7-11)5-6-20-16/h1-4,7,9,15,19H,5-6,8H2. The van der Waals surface area contributed by atoms with Gasteiger partial charge in [-0.25, -0.2) is 8.78 Å². The topological polar surface area (TPSA) is 29.5 Å². The summed E-state index contributed by atoms with van der Waals surface area (Å²) in [5, 5.41) is 10.2. The smallest absolute Gasteiger partial charge is 0.129 e. The molecule has 0 aromatic heterocycles. The van der Waals surface area contributed by atoms with Gasteiger partial charge in [0.05, 0.1) is 12.7 Å². The number of hydrogen-bond acceptors (Lipinski definition) is 2. The highest BCUT2D eigenvalue weighted by atomic mass is 19.1. The number of fused-ring (bicyclic) bond motifs is 1. The zero-order valence-corrected chi connectivity index (χ0v) is 10.8. The molecule has 0 spiro atoms. The lowest BCUT2D eigenvalue weighted by Gasteiger charge is -2.13. The summed E-state index contributed by atoms with van der Waals surface area (Å²) in [6.45, 7) is 0.654. The zero-order valence-electron chi connectivity index (χ0n) is 10.8. The van der Waals surface area contributed by atoms with E-state index in [1.54, 1.807) is 6.07 Å². The number of hydrogen-bond donors (Lipinski definition) is 1. The number of aliphatic hydroxyl groups is 1. The van der Waals surface area contributed by atoms with E-state index in [0.29, 0.717) is 12.2 Å². The molecule has 0 saturated carbocycles. The number of halogens is 2. The number of ether oxygens (including phenoxy) is 1. The summed E-state index contributed by atoms with van der Waals surface area (Å²) in [6.07, 6.45) is 0.118. The van der Waals surface area contributed by atoms with E-state index < -0.39 is 17.7 Å². The van der Waals surface area contributed by atoms with Crippen molar-refractivity contribution in [3.63, 3.8) is 0 Å². The molecule has 0 bridgehead atoms. The summed E-state index contributed by atoms with van der Waals surface area (Å²) in [5.74, 6) is -0.405. The first-order valence-corrected chi connectivity index (χ1v) is 6.51. The Morgan fingerprint density at radius 1 is 1.15 bits per heavy atom. The molecule has 0 aliphatic carbocycles. The third kappa shape index (κ3) is 2.51. The van der Waals surface area contributed by atoms with E-state index in [1.165, 1.54) is 12.1 Å². The fourth-order valence-corrected chi connectivity index (χ4v) is 2.43. The average molecular weight is 276 g/mol. The van der Waals surface area contributed by atoms with Gasteiger partial charge in [-0.1, -0.05) is 12.1 Å². The van der Waals surface area contributed by atoms with Crippen molar-refractivity contribution in [3.8, 4) is 5.75 Å². The molecule has 1 heterocycles. The SMILES string of the molecule is OC(Cc1ccc(F)cc1F)c1ccc2c(c1)CCO2. The van der Waals surface area contributed by atoms with Crippen LogP contribution in [-0.2, 0) is 12.8 Å². The van der Waals surface area contributed by atoms with Gasteiger partial charge in [0.1, 0.15) is 17.4 Å². The summed E-state index contributed by atoms with van der Waals surface area (Å²) in [4.78, 5) is 0. The van der Waals surface area contributed by atoms with Crippen molar-refractivity contribution < 1.29 is 18.6 Å². The molecule has 1 aliphatic heterocycles.